The van der Waals surface area contributed by atoms with E-state index in [0.29, 0.717) is 17.2 Å². The standard InChI is InChI=1S/C12H12FN5/c1-2-9-10-11(14)15-16-12(10)18(17-9)8-5-3-4-7(13)6-8/h3-6H,2H2,1H3,(H3,14,15,16). The zero-order valence-corrected chi connectivity index (χ0v) is 9.81. The number of hydrogen-bond acceptors (Lipinski definition) is 3. The number of aromatic amines is 1. The summed E-state index contributed by atoms with van der Waals surface area (Å²) in [4.78, 5) is 0. The van der Waals surface area contributed by atoms with Gasteiger partial charge in [-0.25, -0.2) is 9.07 Å². The van der Waals surface area contributed by atoms with Crippen LogP contribution in [0, 0.1) is 5.82 Å². The molecule has 2 aromatic heterocycles. The highest BCUT2D eigenvalue weighted by molar-refractivity contribution is 5.89. The second kappa shape index (κ2) is 3.83. The molecule has 0 aliphatic carbocycles. The van der Waals surface area contributed by atoms with Crippen LogP contribution in [0.3, 0.4) is 0 Å². The molecular weight excluding hydrogens is 233 g/mol. The van der Waals surface area contributed by atoms with Crippen LogP contribution in [0.25, 0.3) is 16.7 Å². The van der Waals surface area contributed by atoms with Crippen molar-refractivity contribution in [2.24, 2.45) is 0 Å². The summed E-state index contributed by atoms with van der Waals surface area (Å²) in [6.45, 7) is 1.99. The molecule has 0 spiro atoms. The molecule has 0 amide bonds. The SMILES string of the molecule is CCc1nn(-c2cccc(F)c2)c2n[nH]c(N)c12. The Bertz CT molecular complexity index is 712. The fraction of sp³-hybridized carbons (Fsp3) is 0.167. The molecule has 6 heteroatoms. The van der Waals surface area contributed by atoms with E-state index in [0.717, 1.165) is 17.5 Å². The highest BCUT2D eigenvalue weighted by Gasteiger charge is 2.16. The number of aromatic nitrogens is 4. The molecule has 0 aliphatic rings. The molecule has 0 saturated carbocycles. The Labute approximate surface area is 102 Å². The molecule has 0 radical (unpaired) electrons. The van der Waals surface area contributed by atoms with Gasteiger partial charge in [-0.3, -0.25) is 5.10 Å². The number of benzene rings is 1. The van der Waals surface area contributed by atoms with E-state index >= 15 is 0 Å². The lowest BCUT2D eigenvalue weighted by atomic mass is 10.2. The molecule has 1 aromatic carbocycles. The lowest BCUT2D eigenvalue weighted by Gasteiger charge is -2.01. The van der Waals surface area contributed by atoms with Crippen LogP contribution in [-0.2, 0) is 6.42 Å². The molecule has 18 heavy (non-hydrogen) atoms. The fourth-order valence-electron chi connectivity index (χ4n) is 2.04. The van der Waals surface area contributed by atoms with Crippen LogP contribution in [0.15, 0.2) is 24.3 Å². The predicted octanol–water partition coefficient (Wildman–Crippen LogP) is 2.03. The van der Waals surface area contributed by atoms with Gasteiger partial charge in [0.05, 0.1) is 16.8 Å². The molecule has 3 aromatic rings. The van der Waals surface area contributed by atoms with E-state index < -0.39 is 0 Å². The van der Waals surface area contributed by atoms with Crippen molar-refractivity contribution in [3.63, 3.8) is 0 Å². The zero-order valence-electron chi connectivity index (χ0n) is 9.81. The normalized spacial score (nSPS) is 11.2. The van der Waals surface area contributed by atoms with E-state index in [1.165, 1.54) is 12.1 Å². The Balaban J connectivity index is 2.29. The van der Waals surface area contributed by atoms with E-state index in [-0.39, 0.29) is 5.82 Å². The number of hydrogen-bond donors (Lipinski definition) is 2. The number of fused-ring (bicyclic) bond motifs is 1. The quantitative estimate of drug-likeness (QED) is 0.725. The van der Waals surface area contributed by atoms with Gasteiger partial charge in [0.15, 0.2) is 5.65 Å². The highest BCUT2D eigenvalue weighted by Crippen LogP contribution is 2.25. The molecule has 92 valence electrons. The summed E-state index contributed by atoms with van der Waals surface area (Å²) in [6.07, 6.45) is 0.739. The number of halogens is 1. The maximum atomic E-state index is 13.3. The lowest BCUT2D eigenvalue weighted by molar-refractivity contribution is 0.625. The van der Waals surface area contributed by atoms with Crippen molar-refractivity contribution in [1.29, 1.82) is 0 Å². The first-order chi connectivity index (χ1) is 8.70. The largest absolute Gasteiger partial charge is 0.383 e. The minimum Gasteiger partial charge on any atom is -0.383 e. The second-order valence-corrected chi connectivity index (χ2v) is 4.03. The van der Waals surface area contributed by atoms with Gasteiger partial charge < -0.3 is 5.73 Å². The number of nitrogens with two attached hydrogens (primary N) is 1. The highest BCUT2D eigenvalue weighted by atomic mass is 19.1. The first-order valence-electron chi connectivity index (χ1n) is 5.68. The van der Waals surface area contributed by atoms with Gasteiger partial charge in [-0.15, -0.1) is 0 Å². The van der Waals surface area contributed by atoms with Crippen molar-refractivity contribution in [3.8, 4) is 5.69 Å². The first-order valence-corrected chi connectivity index (χ1v) is 5.68. The van der Waals surface area contributed by atoms with Crippen LogP contribution in [-0.4, -0.2) is 20.0 Å². The van der Waals surface area contributed by atoms with Gasteiger partial charge in [0.2, 0.25) is 0 Å². The van der Waals surface area contributed by atoms with Crippen LogP contribution in [0.4, 0.5) is 10.2 Å². The molecule has 0 unspecified atom stereocenters. The van der Waals surface area contributed by atoms with Gasteiger partial charge in [0.1, 0.15) is 11.6 Å². The summed E-state index contributed by atoms with van der Waals surface area (Å²) >= 11 is 0. The summed E-state index contributed by atoms with van der Waals surface area (Å²) in [5.74, 6) is 0.183. The van der Waals surface area contributed by atoms with Gasteiger partial charge in [0, 0.05) is 0 Å². The second-order valence-electron chi connectivity index (χ2n) is 4.03. The number of nitrogens with zero attached hydrogens (tertiary/aromatic N) is 3. The van der Waals surface area contributed by atoms with Crippen molar-refractivity contribution in [2.75, 3.05) is 5.73 Å². The molecule has 3 rings (SSSR count). The van der Waals surface area contributed by atoms with E-state index in [1.54, 1.807) is 16.8 Å². The zero-order chi connectivity index (χ0) is 12.7. The Hall–Kier alpha value is -2.37. The third kappa shape index (κ3) is 1.46. The third-order valence-corrected chi connectivity index (χ3v) is 2.87. The van der Waals surface area contributed by atoms with Gasteiger partial charge in [0.25, 0.3) is 0 Å². The topological polar surface area (TPSA) is 72.5 Å². The third-order valence-electron chi connectivity index (χ3n) is 2.87. The van der Waals surface area contributed by atoms with Gasteiger partial charge >= 0.3 is 0 Å². The predicted molar refractivity (Wildman–Crippen MR) is 67.0 cm³/mol. The molecule has 0 saturated heterocycles. The summed E-state index contributed by atoms with van der Waals surface area (Å²) < 4.78 is 14.9. The molecular formula is C12H12FN5. The number of nitrogens with one attached hydrogen (secondary N) is 1. The molecule has 0 atom stereocenters. The molecule has 5 nitrogen and oxygen atoms in total. The lowest BCUT2D eigenvalue weighted by Crippen LogP contribution is -1.99. The Morgan fingerprint density at radius 3 is 3.00 bits per heavy atom. The van der Waals surface area contributed by atoms with Gasteiger partial charge in [-0.1, -0.05) is 13.0 Å². The van der Waals surface area contributed by atoms with Crippen molar-refractivity contribution in [3.05, 3.63) is 35.8 Å². The van der Waals surface area contributed by atoms with Crippen LogP contribution in [0.2, 0.25) is 0 Å². The van der Waals surface area contributed by atoms with Crippen LogP contribution >= 0.6 is 0 Å². The number of H-pyrrole nitrogens is 1. The average Bonchev–Trinajstić information content (AvgIpc) is 2.90. The van der Waals surface area contributed by atoms with Crippen molar-refractivity contribution >= 4 is 16.9 Å². The van der Waals surface area contributed by atoms with Crippen molar-refractivity contribution in [2.45, 2.75) is 13.3 Å². The van der Waals surface area contributed by atoms with Crippen molar-refractivity contribution < 1.29 is 4.39 Å². The summed E-state index contributed by atoms with van der Waals surface area (Å²) in [5, 5.41) is 12.1. The van der Waals surface area contributed by atoms with Gasteiger partial charge in [-0.2, -0.15) is 10.2 Å². The molecule has 0 aliphatic heterocycles. The van der Waals surface area contributed by atoms with E-state index in [9.17, 15) is 4.39 Å². The number of rotatable bonds is 2. The monoisotopic (exact) mass is 245 g/mol. The Kier molecular flexibility index (Phi) is 2.29. The summed E-state index contributed by atoms with van der Waals surface area (Å²) in [6, 6.07) is 6.22. The van der Waals surface area contributed by atoms with E-state index in [4.69, 9.17) is 5.73 Å². The fourth-order valence-corrected chi connectivity index (χ4v) is 2.04. The average molecular weight is 245 g/mol. The number of aryl methyl sites for hydroxylation is 1. The first kappa shape index (κ1) is 10.8. The van der Waals surface area contributed by atoms with Gasteiger partial charge in [-0.05, 0) is 24.6 Å². The molecule has 0 bridgehead atoms. The minimum atomic E-state index is -0.308. The molecule has 2 heterocycles. The smallest absolute Gasteiger partial charge is 0.186 e. The summed E-state index contributed by atoms with van der Waals surface area (Å²) in [5.41, 5.74) is 7.93. The Morgan fingerprint density at radius 2 is 2.28 bits per heavy atom. The minimum absolute atomic E-state index is 0.308. The van der Waals surface area contributed by atoms with E-state index in [1.807, 2.05) is 6.92 Å². The maximum Gasteiger partial charge on any atom is 0.186 e. The number of nitrogen functional groups attached to an aromatic ring is 1. The molecule has 3 N–H and O–H groups in total. The maximum absolute atomic E-state index is 13.3. The van der Waals surface area contributed by atoms with Crippen LogP contribution in [0.5, 0.6) is 0 Å². The van der Waals surface area contributed by atoms with Crippen molar-refractivity contribution in [1.82, 2.24) is 20.0 Å². The summed E-state index contributed by atoms with van der Waals surface area (Å²) in [7, 11) is 0. The Morgan fingerprint density at radius 1 is 1.44 bits per heavy atom. The number of anilines is 1. The molecule has 0 fully saturated rings. The van der Waals surface area contributed by atoms with Crippen LogP contribution in [0.1, 0.15) is 12.6 Å². The van der Waals surface area contributed by atoms with Crippen LogP contribution < -0.4 is 5.73 Å². The van der Waals surface area contributed by atoms with E-state index in [2.05, 4.69) is 15.3 Å².